The van der Waals surface area contributed by atoms with Gasteiger partial charge in [0.15, 0.2) is 5.82 Å². The molecule has 2 heterocycles. The van der Waals surface area contributed by atoms with E-state index >= 15 is 0 Å². The van der Waals surface area contributed by atoms with E-state index in [1.807, 2.05) is 4.90 Å². The van der Waals surface area contributed by atoms with E-state index in [0.717, 1.165) is 26.3 Å². The van der Waals surface area contributed by atoms with Gasteiger partial charge in [-0.15, -0.1) is 0 Å². The fourth-order valence-electron chi connectivity index (χ4n) is 2.23. The molecule has 7 heteroatoms. The highest BCUT2D eigenvalue weighted by atomic mass is 35.5. The van der Waals surface area contributed by atoms with Crippen LogP contribution in [-0.2, 0) is 4.74 Å². The van der Waals surface area contributed by atoms with Crippen molar-refractivity contribution in [1.29, 1.82) is 0 Å². The van der Waals surface area contributed by atoms with Crippen LogP contribution in [0.15, 0.2) is 11.0 Å². The van der Waals surface area contributed by atoms with E-state index < -0.39 is 4.92 Å². The summed E-state index contributed by atoms with van der Waals surface area (Å²) in [5, 5.41) is 13.3. The minimum atomic E-state index is -0.559. The summed E-state index contributed by atoms with van der Waals surface area (Å²) in [7, 11) is 0. The molecule has 0 spiro atoms. The highest BCUT2D eigenvalue weighted by Crippen LogP contribution is 2.24. The van der Waals surface area contributed by atoms with Crippen molar-refractivity contribution >= 4 is 11.6 Å². The Labute approximate surface area is 105 Å². The zero-order valence-corrected chi connectivity index (χ0v) is 10.4. The number of halogens is 1. The van der Waals surface area contributed by atoms with Crippen LogP contribution in [0.5, 0.6) is 0 Å². The lowest BCUT2D eigenvalue weighted by molar-refractivity contribution is -0.414. The Bertz CT molecular complexity index is 348. The summed E-state index contributed by atoms with van der Waals surface area (Å²) < 4.78 is 5.39. The van der Waals surface area contributed by atoms with Crippen molar-refractivity contribution in [3.8, 4) is 0 Å². The maximum Gasteiger partial charge on any atom is 0.377 e. The van der Waals surface area contributed by atoms with Crippen molar-refractivity contribution in [1.82, 2.24) is 10.2 Å². The smallest absolute Gasteiger partial charge is 0.377 e. The fraction of sp³-hybridized carbons (Fsp3) is 0.800. The normalized spacial score (nSPS) is 31.5. The molecule has 2 aliphatic rings. The second kappa shape index (κ2) is 5.10. The molecule has 0 amide bonds. The van der Waals surface area contributed by atoms with Crippen LogP contribution in [0.4, 0.5) is 0 Å². The minimum absolute atomic E-state index is 0.325. The molecule has 2 atom stereocenters. The van der Waals surface area contributed by atoms with Crippen LogP contribution < -0.4 is 5.32 Å². The second-order valence-electron chi connectivity index (χ2n) is 4.54. The van der Waals surface area contributed by atoms with Gasteiger partial charge in [0.05, 0.1) is 11.5 Å². The molecule has 2 fully saturated rings. The molecule has 0 saturated carbocycles. The molecule has 0 bridgehead atoms. The van der Waals surface area contributed by atoms with Crippen molar-refractivity contribution in [3.05, 3.63) is 21.1 Å². The molecule has 2 saturated heterocycles. The van der Waals surface area contributed by atoms with Crippen LogP contribution in [0.25, 0.3) is 0 Å². The van der Waals surface area contributed by atoms with Crippen molar-refractivity contribution in [2.24, 2.45) is 11.8 Å². The van der Waals surface area contributed by atoms with Crippen molar-refractivity contribution < 1.29 is 9.66 Å². The highest BCUT2D eigenvalue weighted by Gasteiger charge is 2.32. The number of nitrogens with one attached hydrogen (secondary N) is 1. The van der Waals surface area contributed by atoms with Gasteiger partial charge in [-0.05, 0) is 17.5 Å². The summed E-state index contributed by atoms with van der Waals surface area (Å²) in [6, 6.07) is 0. The van der Waals surface area contributed by atoms with E-state index in [1.165, 1.54) is 0 Å². The van der Waals surface area contributed by atoms with E-state index in [4.69, 9.17) is 16.3 Å². The van der Waals surface area contributed by atoms with Crippen LogP contribution in [0, 0.1) is 22.0 Å². The zero-order chi connectivity index (χ0) is 12.4. The standard InChI is InChI=1S/C10H16ClN3O3/c1-7-5-17-6-8(7)4-13-3-2-12-10(13)9(11)14(15)16/h7-8,12H,2-6H2,1H3. The monoisotopic (exact) mass is 261 g/mol. The summed E-state index contributed by atoms with van der Waals surface area (Å²) in [5.74, 6) is 1.35. The van der Waals surface area contributed by atoms with Gasteiger partial charge in [0.2, 0.25) is 0 Å². The van der Waals surface area contributed by atoms with Crippen LogP contribution in [0.3, 0.4) is 0 Å². The third kappa shape index (κ3) is 2.63. The molecule has 17 heavy (non-hydrogen) atoms. The van der Waals surface area contributed by atoms with Gasteiger partial charge in [-0.3, -0.25) is 10.1 Å². The van der Waals surface area contributed by atoms with Crippen LogP contribution in [0.1, 0.15) is 6.92 Å². The van der Waals surface area contributed by atoms with Gasteiger partial charge in [0.25, 0.3) is 0 Å². The topological polar surface area (TPSA) is 67.6 Å². The Hall–Kier alpha value is -1.01. The Morgan fingerprint density at radius 1 is 1.71 bits per heavy atom. The first-order valence-electron chi connectivity index (χ1n) is 5.70. The van der Waals surface area contributed by atoms with E-state index in [2.05, 4.69) is 12.2 Å². The largest absolute Gasteiger partial charge is 0.381 e. The Kier molecular flexibility index (Phi) is 3.73. The Balaban J connectivity index is 2.05. The summed E-state index contributed by atoms with van der Waals surface area (Å²) in [6.07, 6.45) is 0. The van der Waals surface area contributed by atoms with Crippen LogP contribution in [0.2, 0.25) is 0 Å². The summed E-state index contributed by atoms with van der Waals surface area (Å²) in [6.45, 7) is 5.84. The van der Waals surface area contributed by atoms with Gasteiger partial charge in [-0.2, -0.15) is 0 Å². The van der Waals surface area contributed by atoms with Crippen molar-refractivity contribution in [3.63, 3.8) is 0 Å². The average molecular weight is 262 g/mol. The minimum Gasteiger partial charge on any atom is -0.381 e. The predicted molar refractivity (Wildman–Crippen MR) is 62.9 cm³/mol. The van der Waals surface area contributed by atoms with E-state index in [9.17, 15) is 10.1 Å². The predicted octanol–water partition coefficient (Wildman–Crippen LogP) is 0.816. The van der Waals surface area contributed by atoms with Crippen LogP contribution in [-0.4, -0.2) is 42.7 Å². The molecule has 0 aromatic rings. The van der Waals surface area contributed by atoms with Gasteiger partial charge < -0.3 is 15.0 Å². The molecule has 2 aliphatic heterocycles. The first kappa shape index (κ1) is 12.4. The number of hydrogen-bond donors (Lipinski definition) is 1. The zero-order valence-electron chi connectivity index (χ0n) is 9.69. The van der Waals surface area contributed by atoms with Gasteiger partial charge >= 0.3 is 5.16 Å². The van der Waals surface area contributed by atoms with Crippen LogP contribution >= 0.6 is 11.6 Å². The number of nitro groups is 1. The fourth-order valence-corrected chi connectivity index (χ4v) is 2.41. The van der Waals surface area contributed by atoms with E-state index in [1.54, 1.807) is 0 Å². The van der Waals surface area contributed by atoms with Crippen molar-refractivity contribution in [2.75, 3.05) is 32.8 Å². The lowest BCUT2D eigenvalue weighted by atomic mass is 9.98. The lowest BCUT2D eigenvalue weighted by Gasteiger charge is -2.23. The number of rotatable bonds is 3. The summed E-state index contributed by atoms with van der Waals surface area (Å²) in [4.78, 5) is 12.0. The Morgan fingerprint density at radius 3 is 3.06 bits per heavy atom. The first-order valence-corrected chi connectivity index (χ1v) is 6.08. The second-order valence-corrected chi connectivity index (χ2v) is 4.90. The first-order chi connectivity index (χ1) is 8.09. The summed E-state index contributed by atoms with van der Waals surface area (Å²) in [5.41, 5.74) is 0. The molecular weight excluding hydrogens is 246 g/mol. The van der Waals surface area contributed by atoms with Gasteiger partial charge in [-0.1, -0.05) is 6.92 Å². The third-order valence-corrected chi connectivity index (χ3v) is 3.64. The number of nitrogens with zero attached hydrogens (tertiary/aromatic N) is 2. The molecule has 2 rings (SSSR count). The number of hydrogen-bond acceptors (Lipinski definition) is 5. The Morgan fingerprint density at radius 2 is 2.47 bits per heavy atom. The molecule has 96 valence electrons. The van der Waals surface area contributed by atoms with Gasteiger partial charge in [0, 0.05) is 32.2 Å². The maximum atomic E-state index is 10.7. The maximum absolute atomic E-state index is 10.7. The molecule has 1 N–H and O–H groups in total. The molecule has 6 nitrogen and oxygen atoms in total. The van der Waals surface area contributed by atoms with Crippen molar-refractivity contribution in [2.45, 2.75) is 6.92 Å². The quantitative estimate of drug-likeness (QED) is 0.463. The SMILES string of the molecule is CC1COCC1CN1CCNC1=C(Cl)[N+](=O)[O-]. The molecule has 2 unspecified atom stereocenters. The molecule has 0 aromatic carbocycles. The third-order valence-electron chi connectivity index (χ3n) is 3.32. The average Bonchev–Trinajstić information content (AvgIpc) is 2.88. The highest BCUT2D eigenvalue weighted by molar-refractivity contribution is 6.28. The molecule has 0 radical (unpaired) electrons. The van der Waals surface area contributed by atoms with E-state index in [-0.39, 0.29) is 5.16 Å². The lowest BCUT2D eigenvalue weighted by Crippen LogP contribution is -2.31. The summed E-state index contributed by atoms with van der Waals surface area (Å²) >= 11 is 5.68. The molecule has 0 aliphatic carbocycles. The van der Waals surface area contributed by atoms with E-state index in [0.29, 0.717) is 24.2 Å². The number of ether oxygens (including phenoxy) is 1. The molecular formula is C10H16ClN3O3. The molecule has 0 aromatic heterocycles. The van der Waals surface area contributed by atoms with Gasteiger partial charge in [0.1, 0.15) is 0 Å². The van der Waals surface area contributed by atoms with Gasteiger partial charge in [-0.25, -0.2) is 0 Å².